The molecule has 2 aromatic rings. The molecule has 2 aliphatic rings. The number of carbonyl (C=O) groups is 3. The summed E-state index contributed by atoms with van der Waals surface area (Å²) >= 11 is 0. The van der Waals surface area contributed by atoms with Gasteiger partial charge in [0.25, 0.3) is 0 Å². The normalized spacial score (nSPS) is 22.8. The molecule has 0 N–H and O–H groups in total. The summed E-state index contributed by atoms with van der Waals surface area (Å²) in [5.74, 6) is -3.63. The first kappa shape index (κ1) is 27.1. The number of carbonyl (C=O) groups excluding carboxylic acids is 3. The highest BCUT2D eigenvalue weighted by atomic mass is 16.5. The van der Waals surface area contributed by atoms with Gasteiger partial charge in [0, 0.05) is 28.8 Å². The summed E-state index contributed by atoms with van der Waals surface area (Å²) in [6.07, 6.45) is 0.319. The molecular formula is C30H33NO7. The molecule has 38 heavy (non-hydrogen) atoms. The maximum atomic E-state index is 14.4. The van der Waals surface area contributed by atoms with E-state index in [2.05, 4.69) is 0 Å². The zero-order valence-corrected chi connectivity index (χ0v) is 22.4. The summed E-state index contributed by atoms with van der Waals surface area (Å²) in [7, 11) is 3.10. The summed E-state index contributed by atoms with van der Waals surface area (Å²) in [5.41, 5.74) is 2.76. The van der Waals surface area contributed by atoms with E-state index in [0.29, 0.717) is 34.9 Å². The molecule has 0 aromatic heterocycles. The third-order valence-corrected chi connectivity index (χ3v) is 7.20. The van der Waals surface area contributed by atoms with Gasteiger partial charge in [0.05, 0.1) is 38.9 Å². The van der Waals surface area contributed by atoms with Gasteiger partial charge in [-0.15, -0.1) is 0 Å². The summed E-state index contributed by atoms with van der Waals surface area (Å²) in [6.45, 7) is 5.49. The van der Waals surface area contributed by atoms with Crippen LogP contribution in [0.2, 0.25) is 0 Å². The molecule has 1 fully saturated rings. The Kier molecular flexibility index (Phi) is 8.29. The number of ketones is 1. The van der Waals surface area contributed by atoms with Crippen molar-refractivity contribution in [1.82, 2.24) is 0 Å². The standard InChI is InChI=1S/C30H33NO7/c1-6-37-29(33)24-17(3)31-21-16-20(18-12-8-10-14-22(18)35-4)26(30(34)38-7-2)28(32)27(21)25(24)19-13-9-11-15-23(19)36-5/h8-15,20,25-27H,6-7,16H2,1-5H3/t20-,25-,26-,27?/m1/s1. The molecule has 0 saturated heterocycles. The van der Waals surface area contributed by atoms with Crippen molar-refractivity contribution in [3.8, 4) is 11.5 Å². The van der Waals surface area contributed by atoms with Crippen LogP contribution in [-0.2, 0) is 23.9 Å². The van der Waals surface area contributed by atoms with E-state index < -0.39 is 35.6 Å². The van der Waals surface area contributed by atoms with Crippen LogP contribution < -0.4 is 9.47 Å². The average Bonchev–Trinajstić information content (AvgIpc) is 2.92. The minimum atomic E-state index is -1.10. The fraction of sp³-hybridized carbons (Fsp3) is 0.400. The number of para-hydroxylation sites is 2. The fourth-order valence-corrected chi connectivity index (χ4v) is 5.68. The van der Waals surface area contributed by atoms with E-state index in [1.807, 2.05) is 36.4 Å². The minimum Gasteiger partial charge on any atom is -0.496 e. The number of allylic oxidation sites excluding steroid dienone is 1. The monoisotopic (exact) mass is 519 g/mol. The Labute approximate surface area is 222 Å². The predicted molar refractivity (Wildman–Crippen MR) is 141 cm³/mol. The minimum absolute atomic E-state index is 0.135. The molecule has 1 heterocycles. The number of Topliss-reactive ketones (excluding diaryl/α,β-unsaturated/α-hetero) is 1. The number of ether oxygens (including phenoxy) is 4. The molecule has 0 spiro atoms. The number of aliphatic imine (C=N–C) groups is 1. The molecular weight excluding hydrogens is 486 g/mol. The van der Waals surface area contributed by atoms with E-state index in [9.17, 15) is 14.4 Å². The molecule has 1 aliphatic heterocycles. The Morgan fingerprint density at radius 3 is 2.05 bits per heavy atom. The number of methoxy groups -OCH3 is 2. The van der Waals surface area contributed by atoms with Crippen LogP contribution in [0.1, 0.15) is 50.2 Å². The first-order valence-electron chi connectivity index (χ1n) is 12.8. The van der Waals surface area contributed by atoms with Gasteiger partial charge in [-0.3, -0.25) is 14.6 Å². The molecule has 1 aliphatic carbocycles. The molecule has 4 atom stereocenters. The van der Waals surface area contributed by atoms with Crippen LogP contribution in [0.5, 0.6) is 11.5 Å². The first-order valence-corrected chi connectivity index (χ1v) is 12.8. The van der Waals surface area contributed by atoms with Crippen LogP contribution in [0.25, 0.3) is 0 Å². The fourth-order valence-electron chi connectivity index (χ4n) is 5.68. The van der Waals surface area contributed by atoms with Crippen LogP contribution in [0.15, 0.2) is 64.8 Å². The van der Waals surface area contributed by atoms with Crippen LogP contribution >= 0.6 is 0 Å². The second-order valence-corrected chi connectivity index (χ2v) is 9.20. The number of nitrogens with zero attached hydrogens (tertiary/aromatic N) is 1. The maximum Gasteiger partial charge on any atom is 0.336 e. The van der Waals surface area contributed by atoms with Gasteiger partial charge in [-0.25, -0.2) is 4.79 Å². The summed E-state index contributed by atoms with van der Waals surface area (Å²) in [4.78, 5) is 45.8. The Morgan fingerprint density at radius 1 is 0.868 bits per heavy atom. The Hall–Kier alpha value is -3.94. The van der Waals surface area contributed by atoms with E-state index in [-0.39, 0.29) is 24.6 Å². The lowest BCUT2D eigenvalue weighted by molar-refractivity contribution is -0.153. The number of benzene rings is 2. The van der Waals surface area contributed by atoms with E-state index in [1.54, 1.807) is 47.1 Å². The number of esters is 2. The van der Waals surface area contributed by atoms with Crippen molar-refractivity contribution >= 4 is 23.4 Å². The highest BCUT2D eigenvalue weighted by Gasteiger charge is 2.53. The van der Waals surface area contributed by atoms with Gasteiger partial charge in [-0.05, 0) is 44.9 Å². The Morgan fingerprint density at radius 2 is 1.45 bits per heavy atom. The van der Waals surface area contributed by atoms with Gasteiger partial charge in [-0.1, -0.05) is 36.4 Å². The van der Waals surface area contributed by atoms with Crippen molar-refractivity contribution < 1.29 is 33.3 Å². The third-order valence-electron chi connectivity index (χ3n) is 7.20. The molecule has 1 unspecified atom stereocenters. The highest BCUT2D eigenvalue weighted by molar-refractivity contribution is 6.18. The third kappa shape index (κ3) is 4.83. The van der Waals surface area contributed by atoms with Gasteiger partial charge in [0.1, 0.15) is 17.4 Å². The van der Waals surface area contributed by atoms with Gasteiger partial charge >= 0.3 is 11.9 Å². The summed E-state index contributed by atoms with van der Waals surface area (Å²) < 4.78 is 22.0. The van der Waals surface area contributed by atoms with Crippen LogP contribution in [0.4, 0.5) is 0 Å². The average molecular weight is 520 g/mol. The van der Waals surface area contributed by atoms with Gasteiger partial charge in [0.2, 0.25) is 0 Å². The predicted octanol–water partition coefficient (Wildman–Crippen LogP) is 4.63. The Bertz CT molecular complexity index is 1300. The molecule has 2 aromatic carbocycles. The molecule has 0 amide bonds. The summed E-state index contributed by atoms with van der Waals surface area (Å²) in [6, 6.07) is 14.6. The van der Waals surface area contributed by atoms with Crippen LogP contribution in [-0.4, -0.2) is 50.9 Å². The van der Waals surface area contributed by atoms with Crippen molar-refractivity contribution in [2.75, 3.05) is 27.4 Å². The zero-order chi connectivity index (χ0) is 27.4. The van der Waals surface area contributed by atoms with E-state index >= 15 is 0 Å². The lowest BCUT2D eigenvalue weighted by Gasteiger charge is -2.41. The van der Waals surface area contributed by atoms with Crippen LogP contribution in [0.3, 0.4) is 0 Å². The van der Waals surface area contributed by atoms with Crippen molar-refractivity contribution in [3.05, 3.63) is 70.9 Å². The molecule has 8 nitrogen and oxygen atoms in total. The van der Waals surface area contributed by atoms with Gasteiger partial charge in [0.15, 0.2) is 5.78 Å². The van der Waals surface area contributed by atoms with Crippen molar-refractivity contribution in [2.24, 2.45) is 16.8 Å². The lowest BCUT2D eigenvalue weighted by Crippen LogP contribution is -2.48. The SMILES string of the molecule is CCOC(=O)C1=C(C)N=C2C[C@H](c3ccccc3OC)[C@@H](C(=O)OCC)C(=O)C2[C@@H]1c1ccccc1OC. The smallest absolute Gasteiger partial charge is 0.336 e. The summed E-state index contributed by atoms with van der Waals surface area (Å²) in [5, 5.41) is 0. The second-order valence-electron chi connectivity index (χ2n) is 9.20. The molecule has 1 saturated carbocycles. The van der Waals surface area contributed by atoms with E-state index in [1.165, 1.54) is 0 Å². The van der Waals surface area contributed by atoms with Gasteiger partial charge < -0.3 is 18.9 Å². The van der Waals surface area contributed by atoms with Crippen molar-refractivity contribution in [3.63, 3.8) is 0 Å². The first-order chi connectivity index (χ1) is 18.4. The zero-order valence-electron chi connectivity index (χ0n) is 22.4. The van der Waals surface area contributed by atoms with Crippen LogP contribution in [0, 0.1) is 11.8 Å². The van der Waals surface area contributed by atoms with Gasteiger partial charge in [-0.2, -0.15) is 0 Å². The second kappa shape index (κ2) is 11.6. The van der Waals surface area contributed by atoms with E-state index in [4.69, 9.17) is 23.9 Å². The number of fused-ring (bicyclic) bond motifs is 1. The molecule has 0 bridgehead atoms. The lowest BCUT2D eigenvalue weighted by atomic mass is 9.62. The largest absolute Gasteiger partial charge is 0.496 e. The van der Waals surface area contributed by atoms with Crippen molar-refractivity contribution in [2.45, 2.75) is 39.0 Å². The number of rotatable bonds is 8. The number of hydrogen-bond acceptors (Lipinski definition) is 8. The number of hydrogen-bond donors (Lipinski definition) is 0. The van der Waals surface area contributed by atoms with Crippen molar-refractivity contribution in [1.29, 1.82) is 0 Å². The quantitative estimate of drug-likeness (QED) is 0.370. The molecule has 8 heteroatoms. The molecule has 0 radical (unpaired) electrons. The highest BCUT2D eigenvalue weighted by Crippen LogP contribution is 2.50. The molecule has 4 rings (SSSR count). The maximum absolute atomic E-state index is 14.4. The topological polar surface area (TPSA) is 100 Å². The Balaban J connectivity index is 1.94. The van der Waals surface area contributed by atoms with E-state index in [0.717, 1.165) is 5.56 Å². The molecule has 200 valence electrons.